The Labute approximate surface area is 128 Å². The molecule has 2 heterocycles. The first-order valence-electron chi connectivity index (χ1n) is 6.75. The van der Waals surface area contributed by atoms with Crippen LogP contribution < -0.4 is 5.32 Å². The summed E-state index contributed by atoms with van der Waals surface area (Å²) in [5.74, 6) is 1.89. The molecule has 2 rings (SSSR count). The van der Waals surface area contributed by atoms with Crippen LogP contribution in [0.15, 0.2) is 22.8 Å². The highest BCUT2D eigenvalue weighted by molar-refractivity contribution is 5.85. The number of hydrogen-bond donors (Lipinski definition) is 1. The summed E-state index contributed by atoms with van der Waals surface area (Å²) in [5.41, 5.74) is 0. The first-order valence-corrected chi connectivity index (χ1v) is 6.75. The fourth-order valence-electron chi connectivity index (χ4n) is 2.47. The Morgan fingerprint density at radius 1 is 1.21 bits per heavy atom. The van der Waals surface area contributed by atoms with Gasteiger partial charge in [-0.2, -0.15) is 0 Å². The molecule has 0 saturated carbocycles. The maximum absolute atomic E-state index is 5.62. The van der Waals surface area contributed by atoms with Crippen molar-refractivity contribution in [3.63, 3.8) is 0 Å². The van der Waals surface area contributed by atoms with Crippen LogP contribution in [0.1, 0.15) is 38.5 Å². The SMILES string of the molecule is CC(C)CC[C@@H](c1ccco1)N1CCNCC1.Cl.Cl. The first kappa shape index (κ1) is 18.8. The summed E-state index contributed by atoms with van der Waals surface area (Å²) in [6.45, 7) is 9.03. The summed E-state index contributed by atoms with van der Waals surface area (Å²) in [4.78, 5) is 2.55. The number of nitrogens with one attached hydrogen (secondary N) is 1. The van der Waals surface area contributed by atoms with E-state index < -0.39 is 0 Å². The smallest absolute Gasteiger partial charge is 0.120 e. The molecule has 0 bridgehead atoms. The maximum Gasteiger partial charge on any atom is 0.120 e. The Bertz CT molecular complexity index is 311. The lowest BCUT2D eigenvalue weighted by Gasteiger charge is -2.34. The van der Waals surface area contributed by atoms with Crippen LogP contribution >= 0.6 is 24.8 Å². The van der Waals surface area contributed by atoms with E-state index in [1.807, 2.05) is 6.07 Å². The second-order valence-corrected chi connectivity index (χ2v) is 5.29. The lowest BCUT2D eigenvalue weighted by molar-refractivity contribution is 0.141. The van der Waals surface area contributed by atoms with Gasteiger partial charge in [-0.25, -0.2) is 0 Å². The zero-order valence-electron chi connectivity index (χ0n) is 11.8. The molecule has 112 valence electrons. The molecule has 1 aromatic heterocycles. The molecule has 1 N–H and O–H groups in total. The van der Waals surface area contributed by atoms with Crippen molar-refractivity contribution in [3.05, 3.63) is 24.2 Å². The third kappa shape index (κ3) is 5.74. The van der Waals surface area contributed by atoms with E-state index in [2.05, 4.69) is 30.1 Å². The minimum absolute atomic E-state index is 0. The van der Waals surface area contributed by atoms with Gasteiger partial charge in [-0.3, -0.25) is 4.90 Å². The molecule has 0 amide bonds. The van der Waals surface area contributed by atoms with E-state index >= 15 is 0 Å². The third-order valence-corrected chi connectivity index (χ3v) is 3.48. The molecule has 0 radical (unpaired) electrons. The summed E-state index contributed by atoms with van der Waals surface area (Å²) in [6, 6.07) is 4.59. The predicted octanol–water partition coefficient (Wildman–Crippen LogP) is 3.51. The van der Waals surface area contributed by atoms with Gasteiger partial charge in [0.05, 0.1) is 12.3 Å². The summed E-state index contributed by atoms with van der Waals surface area (Å²) >= 11 is 0. The van der Waals surface area contributed by atoms with E-state index in [-0.39, 0.29) is 24.8 Å². The molecule has 1 aromatic rings. The van der Waals surface area contributed by atoms with Crippen molar-refractivity contribution in [2.75, 3.05) is 26.2 Å². The third-order valence-electron chi connectivity index (χ3n) is 3.48. The Morgan fingerprint density at radius 2 is 1.89 bits per heavy atom. The van der Waals surface area contributed by atoms with Crippen molar-refractivity contribution in [2.24, 2.45) is 5.92 Å². The average Bonchev–Trinajstić information content (AvgIpc) is 2.84. The normalized spacial score (nSPS) is 17.6. The average molecular weight is 309 g/mol. The minimum Gasteiger partial charge on any atom is -0.468 e. The highest BCUT2D eigenvalue weighted by Crippen LogP contribution is 2.27. The van der Waals surface area contributed by atoms with E-state index in [9.17, 15) is 0 Å². The fourth-order valence-corrected chi connectivity index (χ4v) is 2.47. The Balaban J connectivity index is 0.00000162. The fraction of sp³-hybridized carbons (Fsp3) is 0.714. The lowest BCUT2D eigenvalue weighted by Crippen LogP contribution is -2.45. The number of rotatable bonds is 5. The monoisotopic (exact) mass is 308 g/mol. The van der Waals surface area contributed by atoms with E-state index in [0.29, 0.717) is 6.04 Å². The Kier molecular flexibility index (Phi) is 9.54. The van der Waals surface area contributed by atoms with Gasteiger partial charge in [-0.1, -0.05) is 13.8 Å². The van der Waals surface area contributed by atoms with Crippen LogP contribution in [0.3, 0.4) is 0 Å². The number of piperazine rings is 1. The first-order chi connectivity index (χ1) is 8.27. The van der Waals surface area contributed by atoms with Crippen molar-refractivity contribution in [3.8, 4) is 0 Å². The summed E-state index contributed by atoms with van der Waals surface area (Å²) in [7, 11) is 0. The van der Waals surface area contributed by atoms with Crippen LogP contribution in [0.4, 0.5) is 0 Å². The molecule has 1 atom stereocenters. The predicted molar refractivity (Wildman–Crippen MR) is 84.5 cm³/mol. The van der Waals surface area contributed by atoms with Crippen LogP contribution in [0, 0.1) is 5.92 Å². The van der Waals surface area contributed by atoms with Crippen LogP contribution in [0.25, 0.3) is 0 Å². The second-order valence-electron chi connectivity index (χ2n) is 5.29. The van der Waals surface area contributed by atoms with E-state index in [1.54, 1.807) is 6.26 Å². The maximum atomic E-state index is 5.62. The highest BCUT2D eigenvalue weighted by Gasteiger charge is 2.23. The molecule has 1 fully saturated rings. The number of halogens is 2. The van der Waals surface area contributed by atoms with Crippen molar-refractivity contribution in [1.82, 2.24) is 10.2 Å². The zero-order valence-corrected chi connectivity index (χ0v) is 13.4. The number of nitrogens with zero attached hydrogens (tertiary/aromatic N) is 1. The molecule has 0 aliphatic carbocycles. The quantitative estimate of drug-likeness (QED) is 0.902. The summed E-state index contributed by atoms with van der Waals surface area (Å²) in [6.07, 6.45) is 4.25. The largest absolute Gasteiger partial charge is 0.468 e. The van der Waals surface area contributed by atoms with Crippen molar-refractivity contribution < 1.29 is 4.42 Å². The van der Waals surface area contributed by atoms with Crippen molar-refractivity contribution >= 4 is 24.8 Å². The molecule has 0 spiro atoms. The second kappa shape index (κ2) is 9.65. The van der Waals surface area contributed by atoms with Gasteiger partial charge in [0.25, 0.3) is 0 Å². The van der Waals surface area contributed by atoms with E-state index in [1.165, 1.54) is 12.8 Å². The van der Waals surface area contributed by atoms with Gasteiger partial charge >= 0.3 is 0 Å². The molecule has 19 heavy (non-hydrogen) atoms. The highest BCUT2D eigenvalue weighted by atomic mass is 35.5. The van der Waals surface area contributed by atoms with Gasteiger partial charge in [-0.05, 0) is 30.9 Å². The van der Waals surface area contributed by atoms with Gasteiger partial charge in [0.1, 0.15) is 5.76 Å². The zero-order chi connectivity index (χ0) is 12.1. The molecular weight excluding hydrogens is 283 g/mol. The van der Waals surface area contributed by atoms with Crippen molar-refractivity contribution in [2.45, 2.75) is 32.7 Å². The van der Waals surface area contributed by atoms with Crippen LogP contribution in [-0.2, 0) is 0 Å². The van der Waals surface area contributed by atoms with Gasteiger partial charge < -0.3 is 9.73 Å². The van der Waals surface area contributed by atoms with Crippen molar-refractivity contribution in [1.29, 1.82) is 0 Å². The minimum atomic E-state index is 0. The summed E-state index contributed by atoms with van der Waals surface area (Å²) in [5, 5.41) is 3.41. The molecule has 3 nitrogen and oxygen atoms in total. The summed E-state index contributed by atoms with van der Waals surface area (Å²) < 4.78 is 5.62. The molecule has 1 aliphatic rings. The standard InChI is InChI=1S/C14H24N2O.2ClH/c1-12(2)5-6-13(14-4-3-11-17-14)16-9-7-15-8-10-16;;/h3-4,11-13,15H,5-10H2,1-2H3;2*1H/t13-;;/m0../s1. The van der Waals surface area contributed by atoms with E-state index in [4.69, 9.17) is 4.42 Å². The van der Waals surface area contributed by atoms with E-state index in [0.717, 1.165) is 37.9 Å². The van der Waals surface area contributed by atoms with Crippen LogP contribution in [-0.4, -0.2) is 31.1 Å². The molecule has 1 saturated heterocycles. The Hall–Kier alpha value is -0.220. The number of furan rings is 1. The van der Waals surface area contributed by atoms with Gasteiger partial charge in [0.15, 0.2) is 0 Å². The van der Waals surface area contributed by atoms with Gasteiger partial charge in [0.2, 0.25) is 0 Å². The number of hydrogen-bond acceptors (Lipinski definition) is 3. The Morgan fingerprint density at radius 3 is 2.42 bits per heavy atom. The topological polar surface area (TPSA) is 28.4 Å². The lowest BCUT2D eigenvalue weighted by atomic mass is 10.00. The molecule has 5 heteroatoms. The van der Waals surface area contributed by atoms with Gasteiger partial charge in [-0.15, -0.1) is 24.8 Å². The van der Waals surface area contributed by atoms with Gasteiger partial charge in [0, 0.05) is 26.2 Å². The molecule has 1 aliphatic heterocycles. The molecule has 0 unspecified atom stereocenters. The van der Waals surface area contributed by atoms with Crippen LogP contribution in [0.5, 0.6) is 0 Å². The molecule has 0 aromatic carbocycles. The molecular formula is C14H26Cl2N2O. The van der Waals surface area contributed by atoms with Crippen LogP contribution in [0.2, 0.25) is 0 Å².